The fraction of sp³-hybridized carbons (Fsp3) is 0.750. The highest BCUT2D eigenvalue weighted by atomic mass is 15.3. The highest BCUT2D eigenvalue weighted by Crippen LogP contribution is 2.31. The maximum atomic E-state index is 4.32. The number of aryl methyl sites for hydroxylation is 1. The van der Waals surface area contributed by atoms with Gasteiger partial charge in [0, 0.05) is 18.5 Å². The van der Waals surface area contributed by atoms with Crippen LogP contribution in [-0.2, 0) is 13.0 Å². The molecule has 0 spiro atoms. The molecule has 1 aromatic rings. The number of fused-ring (bicyclic) bond motifs is 1. The van der Waals surface area contributed by atoms with E-state index in [-0.39, 0.29) is 0 Å². The molecule has 1 aliphatic heterocycles. The van der Waals surface area contributed by atoms with Gasteiger partial charge in [0.05, 0.1) is 6.54 Å². The number of hydrogen-bond acceptors (Lipinski definition) is 3. The van der Waals surface area contributed by atoms with Crippen molar-refractivity contribution in [1.29, 1.82) is 0 Å². The molecule has 0 bridgehead atoms. The summed E-state index contributed by atoms with van der Waals surface area (Å²) in [6, 6.07) is 1.10. The number of nitrogens with zero attached hydrogens (tertiary/aromatic N) is 3. The lowest BCUT2D eigenvalue weighted by molar-refractivity contribution is 0.290. The van der Waals surface area contributed by atoms with Crippen LogP contribution in [0.15, 0.2) is 17.5 Å². The highest BCUT2D eigenvalue weighted by molar-refractivity contribution is 5.19. The fourth-order valence-electron chi connectivity index (χ4n) is 3.66. The van der Waals surface area contributed by atoms with E-state index in [0.717, 1.165) is 24.7 Å². The van der Waals surface area contributed by atoms with Gasteiger partial charge in [0.2, 0.25) is 0 Å². The molecule has 2 aliphatic rings. The molecule has 20 heavy (non-hydrogen) atoms. The monoisotopic (exact) mass is 274 g/mol. The van der Waals surface area contributed by atoms with Crippen LogP contribution >= 0.6 is 0 Å². The van der Waals surface area contributed by atoms with Crippen LogP contribution < -0.4 is 5.32 Å². The first-order valence-corrected chi connectivity index (χ1v) is 7.92. The van der Waals surface area contributed by atoms with E-state index >= 15 is 0 Å². The standard InChI is InChI=1S/C16H26N4/c1-11(2)14-6-4-12(3)8-15(14)19-13-5-7-16-17-10-18-20(16)9-13/h10,12-13,15,19H,4-9H2,1-3H3/t12-,13?,15?/m1/s1. The van der Waals surface area contributed by atoms with Gasteiger partial charge in [-0.25, -0.2) is 9.67 Å². The smallest absolute Gasteiger partial charge is 0.138 e. The van der Waals surface area contributed by atoms with E-state index in [4.69, 9.17) is 0 Å². The average molecular weight is 274 g/mol. The molecule has 4 nitrogen and oxygen atoms in total. The predicted octanol–water partition coefficient (Wildman–Crippen LogP) is 2.71. The summed E-state index contributed by atoms with van der Waals surface area (Å²) < 4.78 is 2.07. The van der Waals surface area contributed by atoms with Crippen LogP contribution in [0.25, 0.3) is 0 Å². The minimum atomic E-state index is 0.536. The second-order valence-corrected chi connectivity index (χ2v) is 6.72. The lowest BCUT2D eigenvalue weighted by Gasteiger charge is -2.36. The molecular weight excluding hydrogens is 248 g/mol. The van der Waals surface area contributed by atoms with Gasteiger partial charge < -0.3 is 5.32 Å². The highest BCUT2D eigenvalue weighted by Gasteiger charge is 2.28. The van der Waals surface area contributed by atoms with Crippen molar-refractivity contribution in [1.82, 2.24) is 20.1 Å². The van der Waals surface area contributed by atoms with E-state index in [9.17, 15) is 0 Å². The normalized spacial score (nSPS) is 30.1. The molecule has 0 saturated heterocycles. The topological polar surface area (TPSA) is 42.7 Å². The van der Waals surface area contributed by atoms with Crippen LogP contribution in [0.4, 0.5) is 0 Å². The predicted molar refractivity (Wildman–Crippen MR) is 80.4 cm³/mol. The zero-order chi connectivity index (χ0) is 14.1. The Balaban J connectivity index is 1.69. The van der Waals surface area contributed by atoms with Crippen molar-refractivity contribution < 1.29 is 0 Å². The minimum absolute atomic E-state index is 0.536. The molecular formula is C16H26N4. The van der Waals surface area contributed by atoms with E-state index in [1.165, 1.54) is 31.3 Å². The molecule has 3 atom stereocenters. The molecule has 4 heteroatoms. The SMILES string of the molecule is CC(C)=C1CC[C@@H](C)CC1NC1CCc2ncnn2C1. The van der Waals surface area contributed by atoms with Crippen molar-refractivity contribution >= 4 is 0 Å². The van der Waals surface area contributed by atoms with Crippen molar-refractivity contribution in [2.45, 2.75) is 71.5 Å². The third-order valence-corrected chi connectivity index (χ3v) is 4.85. The molecule has 110 valence electrons. The molecule has 0 radical (unpaired) electrons. The van der Waals surface area contributed by atoms with Crippen LogP contribution in [-0.4, -0.2) is 26.8 Å². The van der Waals surface area contributed by atoms with Gasteiger partial charge >= 0.3 is 0 Å². The Hall–Kier alpha value is -1.16. The summed E-state index contributed by atoms with van der Waals surface area (Å²) in [5.74, 6) is 1.98. The summed E-state index contributed by atoms with van der Waals surface area (Å²) in [7, 11) is 0. The first-order chi connectivity index (χ1) is 9.63. The summed E-state index contributed by atoms with van der Waals surface area (Å²) in [5, 5.41) is 8.23. The molecule has 1 N–H and O–H groups in total. The van der Waals surface area contributed by atoms with E-state index < -0.39 is 0 Å². The average Bonchev–Trinajstić information content (AvgIpc) is 2.85. The molecule has 1 saturated carbocycles. The number of allylic oxidation sites excluding steroid dienone is 1. The van der Waals surface area contributed by atoms with Crippen molar-refractivity contribution in [2.24, 2.45) is 5.92 Å². The Morgan fingerprint density at radius 3 is 2.95 bits per heavy atom. The van der Waals surface area contributed by atoms with Gasteiger partial charge in [-0.3, -0.25) is 0 Å². The molecule has 1 aromatic heterocycles. The van der Waals surface area contributed by atoms with Gasteiger partial charge in [-0.05, 0) is 45.4 Å². The summed E-state index contributed by atoms with van der Waals surface area (Å²) in [4.78, 5) is 4.31. The van der Waals surface area contributed by atoms with Crippen molar-refractivity contribution in [3.05, 3.63) is 23.3 Å². The quantitative estimate of drug-likeness (QED) is 0.843. The largest absolute Gasteiger partial charge is 0.306 e. The molecule has 2 unspecified atom stereocenters. The van der Waals surface area contributed by atoms with E-state index in [0.29, 0.717) is 12.1 Å². The van der Waals surface area contributed by atoms with Crippen molar-refractivity contribution in [3.8, 4) is 0 Å². The second kappa shape index (κ2) is 5.68. The van der Waals surface area contributed by atoms with E-state index in [1.807, 2.05) is 0 Å². The Labute approximate surface area is 121 Å². The van der Waals surface area contributed by atoms with Crippen molar-refractivity contribution in [2.75, 3.05) is 0 Å². The Morgan fingerprint density at radius 2 is 2.15 bits per heavy atom. The van der Waals surface area contributed by atoms with Crippen LogP contribution in [0, 0.1) is 5.92 Å². The Bertz CT molecular complexity index is 498. The molecule has 0 amide bonds. The summed E-state index contributed by atoms with van der Waals surface area (Å²) in [6.07, 6.45) is 7.80. The van der Waals surface area contributed by atoms with E-state index in [2.05, 4.69) is 40.9 Å². The summed E-state index contributed by atoms with van der Waals surface area (Å²) >= 11 is 0. The lowest BCUT2D eigenvalue weighted by atomic mass is 9.81. The number of nitrogens with one attached hydrogen (secondary N) is 1. The summed E-state index contributed by atoms with van der Waals surface area (Å²) in [6.45, 7) is 7.87. The molecule has 2 heterocycles. The summed E-state index contributed by atoms with van der Waals surface area (Å²) in [5.41, 5.74) is 3.15. The van der Waals surface area contributed by atoms with Crippen LogP contribution in [0.3, 0.4) is 0 Å². The third-order valence-electron chi connectivity index (χ3n) is 4.85. The van der Waals surface area contributed by atoms with Crippen LogP contribution in [0.1, 0.15) is 52.3 Å². The zero-order valence-corrected chi connectivity index (χ0v) is 12.9. The molecule has 1 aliphatic carbocycles. The van der Waals surface area contributed by atoms with Gasteiger partial charge in [-0.1, -0.05) is 18.1 Å². The van der Waals surface area contributed by atoms with Gasteiger partial charge in [0.15, 0.2) is 0 Å². The van der Waals surface area contributed by atoms with Crippen LogP contribution in [0.2, 0.25) is 0 Å². The molecule has 3 rings (SSSR count). The second-order valence-electron chi connectivity index (χ2n) is 6.72. The van der Waals surface area contributed by atoms with Gasteiger partial charge in [-0.2, -0.15) is 5.10 Å². The van der Waals surface area contributed by atoms with Crippen molar-refractivity contribution in [3.63, 3.8) is 0 Å². The minimum Gasteiger partial charge on any atom is -0.306 e. The molecule has 1 fully saturated rings. The van der Waals surface area contributed by atoms with E-state index in [1.54, 1.807) is 11.9 Å². The number of hydrogen-bond donors (Lipinski definition) is 1. The van der Waals surface area contributed by atoms with Gasteiger partial charge in [0.25, 0.3) is 0 Å². The fourth-order valence-corrected chi connectivity index (χ4v) is 3.66. The first-order valence-electron chi connectivity index (χ1n) is 7.92. The maximum absolute atomic E-state index is 4.32. The molecule has 0 aromatic carbocycles. The van der Waals surface area contributed by atoms with Crippen LogP contribution in [0.5, 0.6) is 0 Å². The maximum Gasteiger partial charge on any atom is 0.138 e. The lowest BCUT2D eigenvalue weighted by Crippen LogP contribution is -2.46. The number of aromatic nitrogens is 3. The van der Waals surface area contributed by atoms with Gasteiger partial charge in [0.1, 0.15) is 12.2 Å². The van der Waals surface area contributed by atoms with Gasteiger partial charge in [-0.15, -0.1) is 0 Å². The first kappa shape index (κ1) is 13.8. The zero-order valence-electron chi connectivity index (χ0n) is 12.9. The third kappa shape index (κ3) is 2.80. The number of rotatable bonds is 2. The Kier molecular flexibility index (Phi) is 3.92. The Morgan fingerprint density at radius 1 is 1.30 bits per heavy atom.